The number of imidazole rings is 1. The maximum Gasteiger partial charge on any atom is 0.331 e. The van der Waals surface area contributed by atoms with Gasteiger partial charge < -0.3 is 41.6 Å². The number of nitrogens with two attached hydrogens (primary N) is 2. The normalized spacial score (nSPS) is 16.5. The first-order valence-electron chi connectivity index (χ1n) is 16.2. The number of rotatable bonds is 9. The molecule has 0 bridgehead atoms. The lowest BCUT2D eigenvalue weighted by Gasteiger charge is -2.33. The number of nitrogens with zero attached hydrogens (tertiary/aromatic N) is 4. The third-order valence-electron chi connectivity index (χ3n) is 8.94. The summed E-state index contributed by atoms with van der Waals surface area (Å²) in [7, 11) is 4.02. The van der Waals surface area contributed by atoms with Crippen molar-refractivity contribution >= 4 is 66.3 Å². The number of nitrogens with one attached hydrogen (secondary N) is 2. The van der Waals surface area contributed by atoms with E-state index in [2.05, 4.69) is 58.4 Å². The van der Waals surface area contributed by atoms with E-state index in [1.807, 2.05) is 66.0 Å². The molecule has 0 spiro atoms. The van der Waals surface area contributed by atoms with Crippen LogP contribution in [0, 0.1) is 0 Å². The zero-order valence-corrected chi connectivity index (χ0v) is 30.6. The molecule has 1 aromatic heterocycles. The number of aryl methyl sites for hydroxylation is 1. The molecule has 256 valence electrons. The van der Waals surface area contributed by atoms with Gasteiger partial charge in [0, 0.05) is 40.2 Å². The van der Waals surface area contributed by atoms with E-state index < -0.39 is 11.5 Å². The first kappa shape index (κ1) is 35.8. The summed E-state index contributed by atoms with van der Waals surface area (Å²) in [6.45, 7) is 4.35. The summed E-state index contributed by atoms with van der Waals surface area (Å²) >= 11 is 6.84. The lowest BCUT2D eigenvalue weighted by Crippen LogP contribution is -2.49. The molecule has 1 fully saturated rings. The first-order valence-corrected chi connectivity index (χ1v) is 17.8. The van der Waals surface area contributed by atoms with E-state index in [9.17, 15) is 14.7 Å². The summed E-state index contributed by atoms with van der Waals surface area (Å²) in [5, 5.41) is 16.5. The summed E-state index contributed by atoms with van der Waals surface area (Å²) < 4.78 is 3.30. The summed E-state index contributed by atoms with van der Waals surface area (Å²) in [4.78, 5) is 33.5. The van der Waals surface area contributed by atoms with E-state index in [0.717, 1.165) is 74.1 Å². The van der Waals surface area contributed by atoms with Gasteiger partial charge in [-0.1, -0.05) is 30.3 Å². The number of carbonyl (C=O) groups excluding carboxylic acids is 1. The molecule has 3 heterocycles. The van der Waals surface area contributed by atoms with Crippen LogP contribution in [0.15, 0.2) is 69.6 Å². The number of piperidine rings is 1. The number of amides is 2. The second-order valence-electron chi connectivity index (χ2n) is 12.7. The van der Waals surface area contributed by atoms with Crippen molar-refractivity contribution in [1.29, 1.82) is 0 Å². The number of hydrogen-bond acceptors (Lipinski definition) is 7. The van der Waals surface area contributed by atoms with Gasteiger partial charge in [-0.05, 0) is 133 Å². The highest BCUT2D eigenvalue weighted by Crippen LogP contribution is 2.34. The van der Waals surface area contributed by atoms with Gasteiger partial charge in [-0.3, -0.25) is 0 Å². The molecule has 2 aliphatic rings. The van der Waals surface area contributed by atoms with E-state index >= 15 is 0 Å². The number of benzene rings is 3. The summed E-state index contributed by atoms with van der Waals surface area (Å²) in [5.74, 6) is -0.783. The molecular weight excluding hydrogens is 740 g/mol. The van der Waals surface area contributed by atoms with Crippen LogP contribution in [0.4, 0.5) is 16.2 Å². The topological polar surface area (TPSA) is 155 Å². The van der Waals surface area contributed by atoms with E-state index in [1.54, 1.807) is 12.1 Å². The van der Waals surface area contributed by atoms with Gasteiger partial charge in [0.1, 0.15) is 5.82 Å². The quantitative estimate of drug-likeness (QED) is 0.141. The van der Waals surface area contributed by atoms with Crippen molar-refractivity contribution in [2.75, 3.05) is 51.3 Å². The van der Waals surface area contributed by atoms with Crippen molar-refractivity contribution in [2.45, 2.75) is 50.2 Å². The van der Waals surface area contributed by atoms with E-state index in [0.29, 0.717) is 33.0 Å². The van der Waals surface area contributed by atoms with Gasteiger partial charge >= 0.3 is 12.0 Å². The van der Waals surface area contributed by atoms with Gasteiger partial charge in [-0.15, -0.1) is 0 Å². The Bertz CT molecular complexity index is 1730. The molecule has 1 atom stereocenters. The van der Waals surface area contributed by atoms with Crippen LogP contribution in [-0.2, 0) is 29.7 Å². The Morgan fingerprint density at radius 3 is 2.44 bits per heavy atom. The number of carboxylic acid groups (broad SMARTS) is 1. The number of fused-ring (bicyclic) bond motifs is 2. The molecule has 11 nitrogen and oxygen atoms in total. The second kappa shape index (κ2) is 15.8. The number of anilines is 2. The Morgan fingerprint density at radius 1 is 1.08 bits per heavy atom. The monoisotopic (exact) mass is 782 g/mol. The highest BCUT2D eigenvalue weighted by molar-refractivity contribution is 9.11. The van der Waals surface area contributed by atoms with Crippen molar-refractivity contribution in [1.82, 2.24) is 24.7 Å². The highest BCUT2D eigenvalue weighted by atomic mass is 79.9. The minimum absolute atomic E-state index is 0.0619. The van der Waals surface area contributed by atoms with Gasteiger partial charge in [0.15, 0.2) is 5.54 Å². The summed E-state index contributed by atoms with van der Waals surface area (Å²) in [6.07, 6.45) is 3.97. The van der Waals surface area contributed by atoms with E-state index in [-0.39, 0.29) is 12.5 Å². The molecule has 13 heteroatoms. The fraction of sp³-hybridized carbons (Fsp3) is 0.400. The van der Waals surface area contributed by atoms with Crippen molar-refractivity contribution < 1.29 is 14.7 Å². The number of nitrogen functional groups attached to an aromatic ring is 1. The van der Waals surface area contributed by atoms with Crippen LogP contribution in [-0.4, -0.2) is 82.8 Å². The second-order valence-corrected chi connectivity index (χ2v) is 14.4. The average molecular weight is 785 g/mol. The molecule has 2 aliphatic heterocycles. The smallest absolute Gasteiger partial charge is 0.331 e. The lowest BCUT2D eigenvalue weighted by molar-refractivity contribution is -0.144. The van der Waals surface area contributed by atoms with Crippen molar-refractivity contribution in [2.24, 2.45) is 5.73 Å². The molecule has 3 aromatic carbocycles. The lowest BCUT2D eigenvalue weighted by atomic mass is 9.90. The average Bonchev–Trinajstić information content (AvgIpc) is 3.34. The summed E-state index contributed by atoms with van der Waals surface area (Å²) in [6, 6.07) is 19.8. The standard InChI is InChI=1S/C21H25Br2N5O2.C14H19N3O/c1-27(2)8-5-9-28-17-7-4-3-6-16(17)26-19(28)21(25,20(29)30)12-13-10-14(22)18(24)15(23)11-13;18-14-16-13-4-2-1-3-11(13)7-10-17(14)12-5-8-15-9-6-12/h3-4,6-7,10-11H,5,8-9,12,24-25H2,1-2H3,(H,29,30);1-4,12,15H,5-10H2,(H,16,18)/t21-;/m1./s1. The van der Waals surface area contributed by atoms with Gasteiger partial charge in [-0.25, -0.2) is 14.6 Å². The Hall–Kier alpha value is -3.49. The fourth-order valence-electron chi connectivity index (χ4n) is 6.36. The van der Waals surface area contributed by atoms with Gasteiger partial charge in [0.2, 0.25) is 0 Å². The Morgan fingerprint density at radius 2 is 1.75 bits per heavy atom. The van der Waals surface area contributed by atoms with Crippen LogP contribution >= 0.6 is 31.9 Å². The molecule has 48 heavy (non-hydrogen) atoms. The van der Waals surface area contributed by atoms with E-state index in [4.69, 9.17) is 11.5 Å². The van der Waals surface area contributed by atoms with Gasteiger partial charge in [0.05, 0.1) is 16.7 Å². The molecule has 7 N–H and O–H groups in total. The Balaban J connectivity index is 0.000000212. The first-order chi connectivity index (χ1) is 23.0. The van der Waals surface area contributed by atoms with Crippen LogP contribution in [0.2, 0.25) is 0 Å². The largest absolute Gasteiger partial charge is 0.480 e. The van der Waals surface area contributed by atoms with E-state index in [1.165, 1.54) is 5.56 Å². The molecule has 4 aromatic rings. The third kappa shape index (κ3) is 8.20. The minimum atomic E-state index is -1.70. The van der Waals surface area contributed by atoms with Gasteiger partial charge in [0.25, 0.3) is 0 Å². The molecule has 0 aliphatic carbocycles. The molecule has 0 saturated carbocycles. The van der Waals surface area contributed by atoms with Crippen LogP contribution in [0.3, 0.4) is 0 Å². The molecule has 6 rings (SSSR count). The van der Waals surface area contributed by atoms with Crippen LogP contribution in [0.25, 0.3) is 11.0 Å². The number of aliphatic carboxylic acids is 1. The Kier molecular flexibility index (Phi) is 11.8. The fourth-order valence-corrected chi connectivity index (χ4v) is 7.64. The predicted octanol–water partition coefficient (Wildman–Crippen LogP) is 5.41. The van der Waals surface area contributed by atoms with Gasteiger partial charge in [-0.2, -0.15) is 0 Å². The molecule has 2 amide bonds. The molecule has 1 saturated heterocycles. The number of carbonyl (C=O) groups is 2. The van der Waals surface area contributed by atoms with Crippen LogP contribution in [0.1, 0.15) is 36.2 Å². The minimum Gasteiger partial charge on any atom is -0.480 e. The number of halogens is 2. The number of aromatic nitrogens is 2. The maximum atomic E-state index is 12.4. The predicted molar refractivity (Wildman–Crippen MR) is 198 cm³/mol. The molecule has 0 unspecified atom stereocenters. The number of carboxylic acids is 1. The summed E-state index contributed by atoms with van der Waals surface area (Å²) in [5.41, 5.74) is 15.9. The van der Waals surface area contributed by atoms with Crippen molar-refractivity contribution in [3.8, 4) is 0 Å². The zero-order chi connectivity index (χ0) is 34.4. The number of hydrogen-bond donors (Lipinski definition) is 5. The molecule has 0 radical (unpaired) electrons. The van der Waals surface area contributed by atoms with Crippen molar-refractivity contribution in [3.05, 3.63) is 86.6 Å². The van der Waals surface area contributed by atoms with Crippen LogP contribution in [0.5, 0.6) is 0 Å². The third-order valence-corrected chi connectivity index (χ3v) is 10.2. The number of urea groups is 1. The Labute approximate surface area is 298 Å². The highest BCUT2D eigenvalue weighted by Gasteiger charge is 2.41. The maximum absolute atomic E-state index is 12.4. The SMILES string of the molecule is CN(C)CCCn1c([C@](N)(Cc2cc(Br)c(N)c(Br)c2)C(=O)O)nc2ccccc21.O=C1Nc2ccccc2CCN1C1CCNCC1. The zero-order valence-electron chi connectivity index (χ0n) is 27.4. The number of para-hydroxylation sites is 3. The van der Waals surface area contributed by atoms with Crippen molar-refractivity contribution in [3.63, 3.8) is 0 Å². The van der Waals surface area contributed by atoms with Crippen LogP contribution < -0.4 is 22.1 Å². The molecular formula is C35H44Br2N8O3.